The molecule has 29 heavy (non-hydrogen) atoms. The van der Waals surface area contributed by atoms with Crippen LogP contribution in [0.5, 0.6) is 0 Å². The first-order valence-corrected chi connectivity index (χ1v) is 11.3. The number of nitrogens with one attached hydrogen (secondary N) is 1. The highest BCUT2D eigenvalue weighted by atomic mass is 16.5. The zero-order valence-electron chi connectivity index (χ0n) is 18.2. The van der Waals surface area contributed by atoms with Crippen LogP contribution in [0.25, 0.3) is 11.2 Å². The fourth-order valence-electron chi connectivity index (χ4n) is 5.45. The van der Waals surface area contributed by atoms with Crippen LogP contribution in [0.4, 0.5) is 0 Å². The van der Waals surface area contributed by atoms with E-state index in [1.165, 1.54) is 4.57 Å². The summed E-state index contributed by atoms with van der Waals surface area (Å²) in [6.07, 6.45) is 7.95. The van der Waals surface area contributed by atoms with Crippen molar-refractivity contribution in [2.75, 3.05) is 0 Å². The van der Waals surface area contributed by atoms with Gasteiger partial charge in [-0.2, -0.15) is 0 Å². The number of hydrogen-bond donors (Lipinski definition) is 1. The number of rotatable bonds is 7. The molecule has 3 aliphatic rings. The molecular formula is C22H34N4O3. The van der Waals surface area contributed by atoms with Crippen LogP contribution in [0.3, 0.4) is 0 Å². The predicted octanol–water partition coefficient (Wildman–Crippen LogP) is 3.48. The number of nitrogens with zero attached hydrogens (tertiary/aromatic N) is 3. The molecule has 3 saturated carbocycles. The van der Waals surface area contributed by atoms with Crippen LogP contribution in [-0.4, -0.2) is 30.8 Å². The average Bonchev–Trinajstić information content (AvgIpc) is 3.15. The number of aromatic amines is 1. The predicted molar refractivity (Wildman–Crippen MR) is 114 cm³/mol. The summed E-state index contributed by atoms with van der Waals surface area (Å²) in [7, 11) is 0. The van der Waals surface area contributed by atoms with E-state index in [-0.39, 0.29) is 28.4 Å². The number of hydrogen-bond acceptors (Lipinski definition) is 4. The monoisotopic (exact) mass is 402 g/mol. The summed E-state index contributed by atoms with van der Waals surface area (Å²) < 4.78 is 9.35. The van der Waals surface area contributed by atoms with Crippen LogP contribution >= 0.6 is 0 Å². The third kappa shape index (κ3) is 3.27. The molecule has 5 rings (SSSR count). The molecule has 0 unspecified atom stereocenters. The second kappa shape index (κ2) is 7.42. The highest BCUT2D eigenvalue weighted by Gasteiger charge is 2.52. The Labute approximate surface area is 171 Å². The fourth-order valence-corrected chi connectivity index (χ4v) is 5.45. The van der Waals surface area contributed by atoms with E-state index in [0.29, 0.717) is 24.3 Å². The smallest absolute Gasteiger partial charge is 0.332 e. The molecule has 160 valence electrons. The Morgan fingerprint density at radius 2 is 1.59 bits per heavy atom. The van der Waals surface area contributed by atoms with Gasteiger partial charge in [0, 0.05) is 18.5 Å². The van der Waals surface area contributed by atoms with Crippen molar-refractivity contribution in [1.29, 1.82) is 0 Å². The van der Waals surface area contributed by atoms with Crippen molar-refractivity contribution in [3.63, 3.8) is 0 Å². The lowest BCUT2D eigenvalue weighted by atomic mass is 9.58. The maximum absolute atomic E-state index is 13.0. The van der Waals surface area contributed by atoms with Gasteiger partial charge in [-0.05, 0) is 65.2 Å². The van der Waals surface area contributed by atoms with Gasteiger partial charge < -0.3 is 9.72 Å². The van der Waals surface area contributed by atoms with Crippen molar-refractivity contribution < 1.29 is 4.74 Å². The molecule has 1 N–H and O–H groups in total. The van der Waals surface area contributed by atoms with Crippen molar-refractivity contribution in [3.05, 3.63) is 26.7 Å². The summed E-state index contributed by atoms with van der Waals surface area (Å²) in [5, 5.41) is 0. The zero-order chi connectivity index (χ0) is 20.8. The quantitative estimate of drug-likeness (QED) is 0.769. The van der Waals surface area contributed by atoms with E-state index in [0.717, 1.165) is 57.2 Å². The summed E-state index contributed by atoms with van der Waals surface area (Å²) in [4.78, 5) is 34.2. The lowest BCUT2D eigenvalue weighted by molar-refractivity contribution is -0.143. The Kier molecular flexibility index (Phi) is 5.21. The lowest BCUT2D eigenvalue weighted by Crippen LogP contribution is -2.51. The Balaban J connectivity index is 1.77. The van der Waals surface area contributed by atoms with Gasteiger partial charge in [0.2, 0.25) is 0 Å². The van der Waals surface area contributed by atoms with E-state index in [1.54, 1.807) is 4.57 Å². The van der Waals surface area contributed by atoms with Gasteiger partial charge in [0.1, 0.15) is 11.3 Å². The van der Waals surface area contributed by atoms with Crippen molar-refractivity contribution in [2.45, 2.75) is 109 Å². The number of fused-ring (bicyclic) bond motifs is 4. The van der Waals surface area contributed by atoms with Gasteiger partial charge in [-0.15, -0.1) is 0 Å². The van der Waals surface area contributed by atoms with Crippen molar-refractivity contribution in [2.24, 2.45) is 0 Å². The normalized spacial score (nSPS) is 26.7. The molecule has 0 spiro atoms. The molecule has 2 bridgehead atoms. The van der Waals surface area contributed by atoms with E-state index in [2.05, 4.69) is 18.8 Å². The standard InChI is InChI=1S/C22H34N4O3/c1-5-13-25-17-16(18(27)26(14-6-2)20(25)28)23-19(24-17)21-7-10-22(11-8-21,12-9-21)29-15(3)4/h15H,5-14H2,1-4H3,(H,23,24). The Hall–Kier alpha value is -1.89. The summed E-state index contributed by atoms with van der Waals surface area (Å²) in [6.45, 7) is 9.24. The van der Waals surface area contributed by atoms with Crippen LogP contribution in [-0.2, 0) is 23.2 Å². The van der Waals surface area contributed by atoms with Gasteiger partial charge >= 0.3 is 5.69 Å². The molecular weight excluding hydrogens is 368 g/mol. The molecule has 0 atom stereocenters. The number of aryl methyl sites for hydroxylation is 1. The van der Waals surface area contributed by atoms with E-state index >= 15 is 0 Å². The van der Waals surface area contributed by atoms with Crippen LogP contribution < -0.4 is 11.2 Å². The minimum atomic E-state index is -0.238. The third-order valence-corrected chi connectivity index (χ3v) is 6.92. The van der Waals surface area contributed by atoms with Crippen LogP contribution in [0.15, 0.2) is 9.59 Å². The number of ether oxygens (including phenoxy) is 1. The molecule has 2 heterocycles. The second-order valence-electron chi connectivity index (χ2n) is 9.30. The number of aromatic nitrogens is 4. The molecule has 3 aliphatic carbocycles. The van der Waals surface area contributed by atoms with Gasteiger partial charge in [0.25, 0.3) is 5.56 Å². The van der Waals surface area contributed by atoms with Crippen LogP contribution in [0, 0.1) is 0 Å². The second-order valence-corrected chi connectivity index (χ2v) is 9.30. The highest BCUT2D eigenvalue weighted by Crippen LogP contribution is 2.54. The molecule has 0 aromatic carbocycles. The minimum absolute atomic E-state index is 0.0140. The third-order valence-electron chi connectivity index (χ3n) is 6.92. The first-order chi connectivity index (χ1) is 13.8. The Bertz CT molecular complexity index is 989. The van der Waals surface area contributed by atoms with Gasteiger partial charge in [-0.1, -0.05) is 13.8 Å². The van der Waals surface area contributed by atoms with Crippen molar-refractivity contribution in [3.8, 4) is 0 Å². The number of imidazole rings is 1. The molecule has 7 nitrogen and oxygen atoms in total. The lowest BCUT2D eigenvalue weighted by Gasteiger charge is -2.52. The first kappa shape index (κ1) is 20.4. The summed E-state index contributed by atoms with van der Waals surface area (Å²) in [6, 6.07) is 0. The van der Waals surface area contributed by atoms with Crippen LogP contribution in [0.1, 0.15) is 84.9 Å². The van der Waals surface area contributed by atoms with Gasteiger partial charge in [-0.3, -0.25) is 13.9 Å². The molecule has 2 aromatic rings. The first-order valence-electron chi connectivity index (χ1n) is 11.3. The maximum Gasteiger partial charge on any atom is 0.332 e. The maximum atomic E-state index is 13.0. The fraction of sp³-hybridized carbons (Fsp3) is 0.773. The van der Waals surface area contributed by atoms with Crippen molar-refractivity contribution in [1.82, 2.24) is 19.1 Å². The minimum Gasteiger partial charge on any atom is -0.372 e. The van der Waals surface area contributed by atoms with Crippen LogP contribution in [0.2, 0.25) is 0 Å². The van der Waals surface area contributed by atoms with Gasteiger partial charge in [-0.25, -0.2) is 9.78 Å². The topological polar surface area (TPSA) is 81.9 Å². The average molecular weight is 403 g/mol. The van der Waals surface area contributed by atoms with E-state index in [4.69, 9.17) is 9.72 Å². The number of H-pyrrole nitrogens is 1. The molecule has 3 fully saturated rings. The SMILES string of the molecule is CCCn1c(=O)c2[nH]c(C34CCC(OC(C)C)(CC3)CC4)nc2n(CCC)c1=O. The summed E-state index contributed by atoms with van der Waals surface area (Å²) in [5.74, 6) is 0.890. The highest BCUT2D eigenvalue weighted by molar-refractivity contribution is 5.70. The summed E-state index contributed by atoms with van der Waals surface area (Å²) >= 11 is 0. The van der Waals surface area contributed by atoms with Crippen molar-refractivity contribution >= 4 is 11.2 Å². The zero-order valence-corrected chi connectivity index (χ0v) is 18.2. The molecule has 2 aromatic heterocycles. The Morgan fingerprint density at radius 1 is 1.00 bits per heavy atom. The molecule has 0 aliphatic heterocycles. The molecule has 7 heteroatoms. The largest absolute Gasteiger partial charge is 0.372 e. The summed E-state index contributed by atoms with van der Waals surface area (Å²) in [5.41, 5.74) is 0.518. The van der Waals surface area contributed by atoms with E-state index in [9.17, 15) is 9.59 Å². The van der Waals surface area contributed by atoms with E-state index in [1.807, 2.05) is 13.8 Å². The van der Waals surface area contributed by atoms with E-state index < -0.39 is 0 Å². The molecule has 0 saturated heterocycles. The molecule has 0 amide bonds. The van der Waals surface area contributed by atoms with Gasteiger partial charge in [0.05, 0.1) is 11.7 Å². The molecule has 0 radical (unpaired) electrons. The Morgan fingerprint density at radius 3 is 2.14 bits per heavy atom. The van der Waals surface area contributed by atoms with Gasteiger partial charge in [0.15, 0.2) is 5.65 Å².